The first-order valence-corrected chi connectivity index (χ1v) is 11.2. The van der Waals surface area contributed by atoms with E-state index in [1.165, 1.54) is 40.7 Å². The van der Waals surface area contributed by atoms with Gasteiger partial charge in [-0.25, -0.2) is 13.2 Å². The lowest BCUT2D eigenvalue weighted by Gasteiger charge is -2.15. The zero-order chi connectivity index (χ0) is 21.6. The van der Waals surface area contributed by atoms with Gasteiger partial charge in [0.05, 0.1) is 4.90 Å². The molecule has 1 amide bonds. The van der Waals surface area contributed by atoms with Crippen LogP contribution in [0.3, 0.4) is 0 Å². The number of hydrogen-bond donors (Lipinski definition) is 1. The molecule has 30 heavy (non-hydrogen) atoms. The van der Waals surface area contributed by atoms with Crippen molar-refractivity contribution in [1.82, 2.24) is 4.31 Å². The summed E-state index contributed by atoms with van der Waals surface area (Å²) >= 11 is 5.87. The van der Waals surface area contributed by atoms with E-state index in [4.69, 9.17) is 16.3 Å². The van der Waals surface area contributed by atoms with E-state index in [2.05, 4.69) is 5.32 Å². The number of carbonyl (C=O) groups excluding carboxylic acids is 2. The Kier molecular flexibility index (Phi) is 7.25. The summed E-state index contributed by atoms with van der Waals surface area (Å²) in [5, 5.41) is 3.11. The lowest BCUT2D eigenvalue weighted by molar-refractivity contribution is -0.142. The quantitative estimate of drug-likeness (QED) is 0.518. The standard InChI is InChI=1S/C21H21ClN2O5S/c22-17-5-3-4-16(14-17)6-11-21(26)29-15-20(25)23-18-7-9-19(10-8-18)30(27,28)24-12-1-2-13-24/h3-11,14H,1-2,12-13,15H2,(H,23,25)/b11-6+. The van der Waals surface area contributed by atoms with Crippen LogP contribution in [0.1, 0.15) is 18.4 Å². The maximum Gasteiger partial charge on any atom is 0.331 e. The highest BCUT2D eigenvalue weighted by Gasteiger charge is 2.26. The second-order valence-corrected chi connectivity index (χ2v) is 9.05. The molecule has 7 nitrogen and oxygen atoms in total. The largest absolute Gasteiger partial charge is 0.452 e. The Morgan fingerprint density at radius 3 is 2.47 bits per heavy atom. The number of anilines is 1. The number of sulfonamides is 1. The first kappa shape index (κ1) is 22.0. The lowest BCUT2D eigenvalue weighted by Crippen LogP contribution is -2.27. The van der Waals surface area contributed by atoms with Crippen LogP contribution in [0.15, 0.2) is 59.5 Å². The van der Waals surface area contributed by atoms with Crippen molar-refractivity contribution in [2.45, 2.75) is 17.7 Å². The van der Waals surface area contributed by atoms with Crippen LogP contribution in [0.25, 0.3) is 6.08 Å². The number of benzene rings is 2. The van der Waals surface area contributed by atoms with Crippen LogP contribution >= 0.6 is 11.6 Å². The van der Waals surface area contributed by atoms with Gasteiger partial charge in [-0.15, -0.1) is 0 Å². The van der Waals surface area contributed by atoms with Gasteiger partial charge in [0, 0.05) is 29.9 Å². The van der Waals surface area contributed by atoms with Gasteiger partial charge in [0.15, 0.2) is 6.61 Å². The minimum atomic E-state index is -3.50. The zero-order valence-corrected chi connectivity index (χ0v) is 17.7. The number of amides is 1. The van der Waals surface area contributed by atoms with Crippen molar-refractivity contribution < 1.29 is 22.7 Å². The Morgan fingerprint density at radius 2 is 1.80 bits per heavy atom. The number of rotatable bonds is 7. The fourth-order valence-electron chi connectivity index (χ4n) is 2.94. The van der Waals surface area contributed by atoms with E-state index >= 15 is 0 Å². The van der Waals surface area contributed by atoms with Gasteiger partial charge in [0.1, 0.15) is 0 Å². The van der Waals surface area contributed by atoms with Crippen LogP contribution in [-0.2, 0) is 24.3 Å². The molecule has 3 rings (SSSR count). The van der Waals surface area contributed by atoms with Crippen molar-refractivity contribution in [3.05, 3.63) is 65.2 Å². The minimum Gasteiger partial charge on any atom is -0.452 e. The van der Waals surface area contributed by atoms with Gasteiger partial charge in [-0.3, -0.25) is 4.79 Å². The van der Waals surface area contributed by atoms with Crippen molar-refractivity contribution in [3.8, 4) is 0 Å². The normalized spacial score (nSPS) is 14.7. The molecule has 0 bridgehead atoms. The van der Waals surface area contributed by atoms with E-state index in [9.17, 15) is 18.0 Å². The van der Waals surface area contributed by atoms with Crippen LogP contribution < -0.4 is 5.32 Å². The van der Waals surface area contributed by atoms with Gasteiger partial charge in [0.25, 0.3) is 5.91 Å². The summed E-state index contributed by atoms with van der Waals surface area (Å²) < 4.78 is 31.3. The van der Waals surface area contributed by atoms with E-state index in [-0.39, 0.29) is 4.90 Å². The Labute approximate surface area is 180 Å². The first-order valence-electron chi connectivity index (χ1n) is 9.35. The molecule has 0 radical (unpaired) electrons. The Balaban J connectivity index is 1.49. The van der Waals surface area contributed by atoms with E-state index in [0.29, 0.717) is 23.8 Å². The number of nitrogens with one attached hydrogen (secondary N) is 1. The number of nitrogens with zero attached hydrogens (tertiary/aromatic N) is 1. The highest BCUT2D eigenvalue weighted by atomic mass is 35.5. The summed E-state index contributed by atoms with van der Waals surface area (Å²) in [6, 6.07) is 12.8. The summed E-state index contributed by atoms with van der Waals surface area (Å²) in [5.74, 6) is -1.20. The van der Waals surface area contributed by atoms with Crippen molar-refractivity contribution >= 4 is 45.3 Å². The molecule has 0 aromatic heterocycles. The van der Waals surface area contributed by atoms with Gasteiger partial charge in [0.2, 0.25) is 10.0 Å². The fraction of sp³-hybridized carbons (Fsp3) is 0.238. The summed E-state index contributed by atoms with van der Waals surface area (Å²) in [5.41, 5.74) is 1.14. The number of ether oxygens (including phenoxy) is 1. The molecule has 1 aliphatic heterocycles. The molecule has 1 fully saturated rings. The third kappa shape index (κ3) is 5.91. The molecule has 0 spiro atoms. The van der Waals surface area contributed by atoms with Gasteiger partial charge in [-0.05, 0) is 60.9 Å². The molecule has 2 aromatic carbocycles. The first-order chi connectivity index (χ1) is 14.3. The average molecular weight is 449 g/mol. The van der Waals surface area contributed by atoms with Crippen molar-refractivity contribution in [2.75, 3.05) is 25.0 Å². The van der Waals surface area contributed by atoms with Crippen molar-refractivity contribution in [3.63, 3.8) is 0 Å². The van der Waals surface area contributed by atoms with Crippen LogP contribution in [-0.4, -0.2) is 44.3 Å². The number of hydrogen-bond acceptors (Lipinski definition) is 5. The average Bonchev–Trinajstić information content (AvgIpc) is 3.27. The summed E-state index contributed by atoms with van der Waals surface area (Å²) in [6.07, 6.45) is 4.46. The molecule has 0 atom stereocenters. The maximum absolute atomic E-state index is 12.5. The van der Waals surface area contributed by atoms with Crippen LogP contribution in [0, 0.1) is 0 Å². The molecular weight excluding hydrogens is 428 g/mol. The molecule has 158 valence electrons. The molecule has 1 saturated heterocycles. The topological polar surface area (TPSA) is 92.8 Å². The van der Waals surface area contributed by atoms with Gasteiger partial charge in [-0.1, -0.05) is 23.7 Å². The van der Waals surface area contributed by atoms with Crippen molar-refractivity contribution in [2.24, 2.45) is 0 Å². The molecule has 9 heteroatoms. The lowest BCUT2D eigenvalue weighted by atomic mass is 10.2. The van der Waals surface area contributed by atoms with Gasteiger partial charge >= 0.3 is 5.97 Å². The highest BCUT2D eigenvalue weighted by Crippen LogP contribution is 2.22. The fourth-order valence-corrected chi connectivity index (χ4v) is 4.66. The summed E-state index contributed by atoms with van der Waals surface area (Å²) in [6.45, 7) is 0.586. The third-order valence-electron chi connectivity index (χ3n) is 4.45. The van der Waals surface area contributed by atoms with Crippen LogP contribution in [0.4, 0.5) is 5.69 Å². The second kappa shape index (κ2) is 9.88. The smallest absolute Gasteiger partial charge is 0.331 e. The maximum atomic E-state index is 12.5. The zero-order valence-electron chi connectivity index (χ0n) is 16.1. The highest BCUT2D eigenvalue weighted by molar-refractivity contribution is 7.89. The predicted molar refractivity (Wildman–Crippen MR) is 115 cm³/mol. The van der Waals surface area contributed by atoms with Crippen LogP contribution in [0.5, 0.6) is 0 Å². The SMILES string of the molecule is O=C(COC(=O)/C=C/c1cccc(Cl)c1)Nc1ccc(S(=O)(=O)N2CCCC2)cc1. The Bertz CT molecular complexity index is 1050. The molecular formula is C21H21ClN2O5S. The number of esters is 1. The number of carbonyl (C=O) groups is 2. The molecule has 0 saturated carbocycles. The Morgan fingerprint density at radius 1 is 1.10 bits per heavy atom. The van der Waals surface area contributed by atoms with E-state index in [0.717, 1.165) is 18.4 Å². The van der Waals surface area contributed by atoms with Gasteiger partial charge in [-0.2, -0.15) is 4.31 Å². The number of halogens is 1. The van der Waals surface area contributed by atoms with Gasteiger partial charge < -0.3 is 10.1 Å². The summed E-state index contributed by atoms with van der Waals surface area (Å²) in [4.78, 5) is 23.9. The summed E-state index contributed by atoms with van der Waals surface area (Å²) in [7, 11) is -3.50. The second-order valence-electron chi connectivity index (χ2n) is 6.68. The predicted octanol–water partition coefficient (Wildman–Crippen LogP) is 3.32. The van der Waals surface area contributed by atoms with Crippen molar-refractivity contribution in [1.29, 1.82) is 0 Å². The third-order valence-corrected chi connectivity index (χ3v) is 6.59. The molecule has 2 aromatic rings. The van der Waals surface area contributed by atoms with E-state index in [1.807, 2.05) is 0 Å². The molecule has 0 aliphatic carbocycles. The Hall–Kier alpha value is -2.68. The molecule has 1 heterocycles. The van der Waals surface area contributed by atoms with E-state index in [1.54, 1.807) is 24.3 Å². The minimum absolute atomic E-state index is 0.181. The monoisotopic (exact) mass is 448 g/mol. The van der Waals surface area contributed by atoms with Crippen LogP contribution in [0.2, 0.25) is 5.02 Å². The molecule has 1 aliphatic rings. The molecule has 1 N–H and O–H groups in total. The van der Waals surface area contributed by atoms with E-state index < -0.39 is 28.5 Å². The molecule has 0 unspecified atom stereocenters.